The van der Waals surface area contributed by atoms with Gasteiger partial charge in [0, 0.05) is 23.4 Å². The molecule has 1 aromatic heterocycles. The van der Waals surface area contributed by atoms with E-state index >= 15 is 0 Å². The van der Waals surface area contributed by atoms with Gasteiger partial charge in [0.2, 0.25) is 5.91 Å². The third kappa shape index (κ3) is 5.45. The lowest BCUT2D eigenvalue weighted by molar-refractivity contribution is -0.116. The Kier molecular flexibility index (Phi) is 7.47. The second kappa shape index (κ2) is 10.7. The highest BCUT2D eigenvalue weighted by molar-refractivity contribution is 5.90. The molecule has 1 aliphatic heterocycles. The van der Waals surface area contributed by atoms with Crippen molar-refractivity contribution in [2.24, 2.45) is 0 Å². The Bertz CT molecular complexity index is 1320. The summed E-state index contributed by atoms with van der Waals surface area (Å²) in [6, 6.07) is 13.1. The average Bonchev–Trinajstić information content (AvgIpc) is 2.86. The van der Waals surface area contributed by atoms with Crippen LogP contribution in [-0.4, -0.2) is 39.6 Å². The molecule has 2 aromatic carbocycles. The van der Waals surface area contributed by atoms with Crippen LogP contribution in [0, 0.1) is 5.82 Å². The van der Waals surface area contributed by atoms with E-state index in [1.165, 1.54) is 33.7 Å². The second-order valence-electron chi connectivity index (χ2n) is 8.95. The number of ether oxygens (including phenoxy) is 1. The van der Waals surface area contributed by atoms with Crippen molar-refractivity contribution in [1.82, 2.24) is 14.5 Å². The SMILES string of the molecule is CCOC(=O)N1CCc2c(nc(-c3ccc(F)cc3)n(CC(=O)Nc3ccc(C(C)C)cc3)c2=O)C1. The highest BCUT2D eigenvalue weighted by atomic mass is 19.1. The molecule has 2 heterocycles. The predicted molar refractivity (Wildman–Crippen MR) is 134 cm³/mol. The number of carbonyl (C=O) groups is 2. The molecule has 1 N–H and O–H groups in total. The summed E-state index contributed by atoms with van der Waals surface area (Å²) in [4.78, 5) is 44.8. The van der Waals surface area contributed by atoms with Crippen LogP contribution in [-0.2, 0) is 29.0 Å². The second-order valence-corrected chi connectivity index (χ2v) is 8.95. The first-order valence-electron chi connectivity index (χ1n) is 12.0. The van der Waals surface area contributed by atoms with E-state index < -0.39 is 11.9 Å². The maximum atomic E-state index is 13.6. The molecule has 8 nitrogen and oxygen atoms in total. The van der Waals surface area contributed by atoms with E-state index in [4.69, 9.17) is 4.74 Å². The molecule has 0 fully saturated rings. The molecule has 188 valence electrons. The molecule has 2 amide bonds. The molecular formula is C27H29FN4O4. The molecule has 3 aromatic rings. The van der Waals surface area contributed by atoms with Gasteiger partial charge in [-0.15, -0.1) is 0 Å². The Morgan fingerprint density at radius 2 is 1.81 bits per heavy atom. The molecular weight excluding hydrogens is 463 g/mol. The minimum Gasteiger partial charge on any atom is -0.450 e. The summed E-state index contributed by atoms with van der Waals surface area (Å²) in [5.74, 6) is -0.215. The van der Waals surface area contributed by atoms with Gasteiger partial charge in [-0.05, 0) is 61.2 Å². The number of fused-ring (bicyclic) bond motifs is 1. The van der Waals surface area contributed by atoms with Crippen LogP contribution in [0.3, 0.4) is 0 Å². The zero-order valence-corrected chi connectivity index (χ0v) is 20.6. The minimum atomic E-state index is -0.472. The quantitative estimate of drug-likeness (QED) is 0.553. The number of hydrogen-bond acceptors (Lipinski definition) is 5. The van der Waals surface area contributed by atoms with Crippen LogP contribution < -0.4 is 10.9 Å². The van der Waals surface area contributed by atoms with Gasteiger partial charge in [0.05, 0.1) is 18.8 Å². The van der Waals surface area contributed by atoms with Crippen LogP contribution in [0.15, 0.2) is 53.3 Å². The third-order valence-corrected chi connectivity index (χ3v) is 6.11. The molecule has 0 radical (unpaired) electrons. The largest absolute Gasteiger partial charge is 0.450 e. The Hall–Kier alpha value is -4.01. The summed E-state index contributed by atoms with van der Waals surface area (Å²) < 4.78 is 20.0. The third-order valence-electron chi connectivity index (χ3n) is 6.11. The van der Waals surface area contributed by atoms with Gasteiger partial charge in [-0.3, -0.25) is 14.2 Å². The summed E-state index contributed by atoms with van der Waals surface area (Å²) >= 11 is 0. The van der Waals surface area contributed by atoms with Crippen molar-refractivity contribution in [3.8, 4) is 11.4 Å². The number of rotatable bonds is 6. The molecule has 0 aliphatic carbocycles. The van der Waals surface area contributed by atoms with Gasteiger partial charge in [-0.2, -0.15) is 0 Å². The number of hydrogen-bond donors (Lipinski definition) is 1. The molecule has 0 saturated heterocycles. The van der Waals surface area contributed by atoms with E-state index in [9.17, 15) is 18.8 Å². The number of anilines is 1. The smallest absolute Gasteiger partial charge is 0.410 e. The molecule has 0 saturated carbocycles. The number of benzene rings is 2. The Balaban J connectivity index is 1.67. The summed E-state index contributed by atoms with van der Waals surface area (Å²) in [6.07, 6.45) is -0.178. The van der Waals surface area contributed by atoms with Gasteiger partial charge >= 0.3 is 6.09 Å². The van der Waals surface area contributed by atoms with Gasteiger partial charge in [0.15, 0.2) is 0 Å². The van der Waals surface area contributed by atoms with E-state index in [1.807, 2.05) is 24.3 Å². The highest BCUT2D eigenvalue weighted by Crippen LogP contribution is 2.22. The molecule has 0 bridgehead atoms. The number of nitrogens with zero attached hydrogens (tertiary/aromatic N) is 3. The molecule has 0 unspecified atom stereocenters. The van der Waals surface area contributed by atoms with Crippen molar-refractivity contribution in [2.75, 3.05) is 18.5 Å². The summed E-state index contributed by atoms with van der Waals surface area (Å²) in [7, 11) is 0. The maximum Gasteiger partial charge on any atom is 0.410 e. The lowest BCUT2D eigenvalue weighted by Gasteiger charge is -2.28. The maximum absolute atomic E-state index is 13.6. The molecule has 9 heteroatoms. The topological polar surface area (TPSA) is 93.5 Å². The molecule has 0 atom stereocenters. The minimum absolute atomic E-state index is 0.118. The normalized spacial score (nSPS) is 12.9. The van der Waals surface area contributed by atoms with E-state index in [1.54, 1.807) is 6.92 Å². The molecule has 4 rings (SSSR count). The van der Waals surface area contributed by atoms with E-state index in [2.05, 4.69) is 24.1 Å². The zero-order valence-electron chi connectivity index (χ0n) is 20.6. The van der Waals surface area contributed by atoms with Crippen molar-refractivity contribution < 1.29 is 18.7 Å². The highest BCUT2D eigenvalue weighted by Gasteiger charge is 2.27. The van der Waals surface area contributed by atoms with Crippen molar-refractivity contribution in [3.63, 3.8) is 0 Å². The standard InChI is InChI=1S/C27H29FN4O4/c1-4-36-27(35)31-14-13-22-23(15-31)30-25(19-5-9-20(28)10-6-19)32(26(22)34)16-24(33)29-21-11-7-18(8-12-21)17(2)3/h5-12,17H,4,13-16H2,1-3H3,(H,29,33). The zero-order chi connectivity index (χ0) is 25.8. The Morgan fingerprint density at radius 1 is 1.11 bits per heavy atom. The average molecular weight is 493 g/mol. The number of amides is 2. The van der Waals surface area contributed by atoms with Crippen LogP contribution in [0.4, 0.5) is 14.9 Å². The fraction of sp³-hybridized carbons (Fsp3) is 0.333. The number of aromatic nitrogens is 2. The van der Waals surface area contributed by atoms with E-state index in [0.717, 1.165) is 5.56 Å². The van der Waals surface area contributed by atoms with Gasteiger partial charge in [0.1, 0.15) is 18.2 Å². The fourth-order valence-electron chi connectivity index (χ4n) is 4.16. The van der Waals surface area contributed by atoms with E-state index in [-0.39, 0.29) is 37.0 Å². The Labute approximate surface area is 208 Å². The van der Waals surface area contributed by atoms with Crippen molar-refractivity contribution in [1.29, 1.82) is 0 Å². The van der Waals surface area contributed by atoms with Crippen molar-refractivity contribution in [2.45, 2.75) is 46.2 Å². The lowest BCUT2D eigenvalue weighted by atomic mass is 10.0. The van der Waals surface area contributed by atoms with Gasteiger partial charge in [-0.1, -0.05) is 26.0 Å². The first-order valence-corrected chi connectivity index (χ1v) is 12.0. The fourth-order valence-corrected chi connectivity index (χ4v) is 4.16. The molecule has 36 heavy (non-hydrogen) atoms. The molecule has 0 spiro atoms. The molecule has 1 aliphatic rings. The Morgan fingerprint density at radius 3 is 2.44 bits per heavy atom. The van der Waals surface area contributed by atoms with Gasteiger partial charge < -0.3 is 15.0 Å². The van der Waals surface area contributed by atoms with Crippen LogP contribution in [0.25, 0.3) is 11.4 Å². The number of halogens is 1. The first kappa shape index (κ1) is 25.1. The van der Waals surface area contributed by atoms with Crippen LogP contribution in [0.5, 0.6) is 0 Å². The van der Waals surface area contributed by atoms with Gasteiger partial charge in [0.25, 0.3) is 5.56 Å². The predicted octanol–water partition coefficient (Wildman–Crippen LogP) is 4.33. The van der Waals surface area contributed by atoms with E-state index in [0.29, 0.717) is 41.4 Å². The van der Waals surface area contributed by atoms with Crippen LogP contribution in [0.2, 0.25) is 0 Å². The summed E-state index contributed by atoms with van der Waals surface area (Å²) in [5, 5.41) is 2.83. The number of nitrogens with one attached hydrogen (secondary N) is 1. The van der Waals surface area contributed by atoms with Gasteiger partial charge in [-0.25, -0.2) is 14.2 Å². The summed E-state index contributed by atoms with van der Waals surface area (Å²) in [5.41, 5.74) is 2.80. The van der Waals surface area contributed by atoms with Crippen molar-refractivity contribution >= 4 is 17.7 Å². The van der Waals surface area contributed by atoms with Crippen LogP contribution in [0.1, 0.15) is 43.5 Å². The van der Waals surface area contributed by atoms with Crippen LogP contribution >= 0.6 is 0 Å². The summed E-state index contributed by atoms with van der Waals surface area (Å²) in [6.45, 7) is 6.31. The number of carbonyl (C=O) groups excluding carboxylic acids is 2. The lowest BCUT2D eigenvalue weighted by Crippen LogP contribution is -2.42. The first-order chi connectivity index (χ1) is 17.3. The van der Waals surface area contributed by atoms with Crippen molar-refractivity contribution in [3.05, 3.63) is 81.5 Å². The monoisotopic (exact) mass is 492 g/mol.